The Morgan fingerprint density at radius 2 is 1.94 bits per heavy atom. The van der Waals surface area contributed by atoms with Crippen molar-refractivity contribution in [3.8, 4) is 5.88 Å². The van der Waals surface area contributed by atoms with E-state index in [0.29, 0.717) is 6.42 Å². The lowest BCUT2D eigenvalue weighted by molar-refractivity contribution is 0.337. The summed E-state index contributed by atoms with van der Waals surface area (Å²) in [6, 6.07) is -0.0605. The molecule has 0 aliphatic carbocycles. The molecule has 1 aromatic rings. The molecule has 0 aliphatic heterocycles. The largest absolute Gasteiger partial charge is 0.494 e. The van der Waals surface area contributed by atoms with Gasteiger partial charge in [0.1, 0.15) is 0 Å². The third-order valence-corrected chi connectivity index (χ3v) is 3.02. The quantitative estimate of drug-likeness (QED) is 0.820. The summed E-state index contributed by atoms with van der Waals surface area (Å²) in [5.41, 5.74) is -0.734. The number of nitrogens with one attached hydrogen (secondary N) is 1. The van der Waals surface area contributed by atoms with Crippen LogP contribution >= 0.6 is 0 Å². The number of aromatic nitrogens is 2. The summed E-state index contributed by atoms with van der Waals surface area (Å²) in [4.78, 5) is 25.5. The van der Waals surface area contributed by atoms with Crippen LogP contribution in [0.3, 0.4) is 0 Å². The zero-order valence-corrected chi connectivity index (χ0v) is 10.6. The van der Waals surface area contributed by atoms with Crippen LogP contribution in [0.4, 0.5) is 0 Å². The normalized spacial score (nSPS) is 12.6. The number of H-pyrrole nitrogens is 1. The molecule has 96 valence electrons. The maximum absolute atomic E-state index is 11.8. The Kier molecular flexibility index (Phi) is 4.54. The van der Waals surface area contributed by atoms with Gasteiger partial charge in [-0.1, -0.05) is 27.2 Å². The fourth-order valence-electron chi connectivity index (χ4n) is 2.08. The fraction of sp³-hybridized carbons (Fsp3) is 0.667. The van der Waals surface area contributed by atoms with Crippen LogP contribution in [0.25, 0.3) is 0 Å². The van der Waals surface area contributed by atoms with Crippen LogP contribution in [-0.4, -0.2) is 14.7 Å². The molecule has 1 rings (SSSR count). The molecule has 1 unspecified atom stereocenters. The van der Waals surface area contributed by atoms with Gasteiger partial charge in [0.25, 0.3) is 5.56 Å². The number of hydrogen-bond acceptors (Lipinski definition) is 3. The van der Waals surface area contributed by atoms with E-state index in [2.05, 4.69) is 4.98 Å². The van der Waals surface area contributed by atoms with Crippen molar-refractivity contribution in [3.63, 3.8) is 0 Å². The molecular formula is C12H20N2O3. The molecule has 0 radical (unpaired) electrons. The number of rotatable bonds is 5. The zero-order valence-electron chi connectivity index (χ0n) is 10.6. The predicted octanol–water partition coefficient (Wildman–Crippen LogP) is 1.56. The first-order chi connectivity index (χ1) is 8.06. The molecule has 1 atom stereocenters. The Hall–Kier alpha value is -1.52. The molecule has 0 saturated heterocycles. The molecule has 0 fully saturated rings. The summed E-state index contributed by atoms with van der Waals surface area (Å²) in [7, 11) is 0. The van der Waals surface area contributed by atoms with Gasteiger partial charge in [-0.3, -0.25) is 14.3 Å². The summed E-state index contributed by atoms with van der Waals surface area (Å²) in [6.45, 7) is 5.76. The average molecular weight is 240 g/mol. The molecule has 1 heterocycles. The van der Waals surface area contributed by atoms with Crippen LogP contribution in [0, 0.1) is 0 Å². The smallest absolute Gasteiger partial charge is 0.331 e. The lowest BCUT2D eigenvalue weighted by atomic mass is 10.1. The highest BCUT2D eigenvalue weighted by atomic mass is 16.3. The second kappa shape index (κ2) is 5.70. The summed E-state index contributed by atoms with van der Waals surface area (Å²) in [5, 5.41) is 10.0. The van der Waals surface area contributed by atoms with Gasteiger partial charge in [0.15, 0.2) is 0 Å². The van der Waals surface area contributed by atoms with Gasteiger partial charge in [-0.05, 0) is 19.3 Å². The molecule has 2 N–H and O–H groups in total. The summed E-state index contributed by atoms with van der Waals surface area (Å²) in [5.74, 6) is -0.179. The second-order valence-electron chi connectivity index (χ2n) is 4.14. The zero-order chi connectivity index (χ0) is 13.0. The molecule has 0 amide bonds. The minimum atomic E-state index is -0.523. The van der Waals surface area contributed by atoms with Crippen molar-refractivity contribution in [1.29, 1.82) is 0 Å². The number of nitrogens with zero attached hydrogens (tertiary/aromatic N) is 1. The molecule has 0 saturated carbocycles. The van der Waals surface area contributed by atoms with E-state index >= 15 is 0 Å². The molecule has 17 heavy (non-hydrogen) atoms. The Morgan fingerprint density at radius 3 is 2.41 bits per heavy atom. The van der Waals surface area contributed by atoms with Gasteiger partial charge in [0, 0.05) is 6.04 Å². The van der Waals surface area contributed by atoms with Crippen molar-refractivity contribution in [1.82, 2.24) is 9.55 Å². The predicted molar refractivity (Wildman–Crippen MR) is 66.6 cm³/mol. The number of hydrogen-bond donors (Lipinski definition) is 2. The van der Waals surface area contributed by atoms with Gasteiger partial charge >= 0.3 is 5.69 Å². The van der Waals surface area contributed by atoms with Gasteiger partial charge in [-0.15, -0.1) is 0 Å². The first-order valence-corrected chi connectivity index (χ1v) is 6.13. The van der Waals surface area contributed by atoms with E-state index < -0.39 is 11.2 Å². The van der Waals surface area contributed by atoms with Crippen molar-refractivity contribution in [2.24, 2.45) is 0 Å². The van der Waals surface area contributed by atoms with Crippen LogP contribution in [0.1, 0.15) is 51.6 Å². The minimum Gasteiger partial charge on any atom is -0.494 e. The Labute approximate surface area is 100 Å². The molecular weight excluding hydrogens is 220 g/mol. The van der Waals surface area contributed by atoms with Crippen molar-refractivity contribution >= 4 is 0 Å². The highest BCUT2D eigenvalue weighted by molar-refractivity contribution is 5.23. The maximum atomic E-state index is 11.8. The van der Waals surface area contributed by atoms with E-state index in [1.54, 1.807) is 6.92 Å². The van der Waals surface area contributed by atoms with Gasteiger partial charge < -0.3 is 5.11 Å². The van der Waals surface area contributed by atoms with E-state index in [-0.39, 0.29) is 17.5 Å². The molecule has 5 heteroatoms. The van der Waals surface area contributed by atoms with E-state index in [9.17, 15) is 14.7 Å². The molecule has 0 spiro atoms. The van der Waals surface area contributed by atoms with Crippen LogP contribution in [-0.2, 0) is 6.42 Å². The maximum Gasteiger partial charge on any atom is 0.331 e. The monoisotopic (exact) mass is 240 g/mol. The Balaban J connectivity index is 3.42. The molecule has 1 aromatic heterocycles. The van der Waals surface area contributed by atoms with Crippen LogP contribution in [0.2, 0.25) is 0 Å². The van der Waals surface area contributed by atoms with Crippen molar-refractivity contribution in [3.05, 3.63) is 26.4 Å². The summed E-state index contributed by atoms with van der Waals surface area (Å²) < 4.78 is 1.31. The Morgan fingerprint density at radius 1 is 1.29 bits per heavy atom. The van der Waals surface area contributed by atoms with Crippen LogP contribution in [0.5, 0.6) is 5.88 Å². The van der Waals surface area contributed by atoms with Gasteiger partial charge in [0.05, 0.1) is 5.56 Å². The number of aromatic hydroxyl groups is 1. The first-order valence-electron chi connectivity index (χ1n) is 6.13. The van der Waals surface area contributed by atoms with Crippen molar-refractivity contribution < 1.29 is 5.11 Å². The van der Waals surface area contributed by atoms with Crippen molar-refractivity contribution in [2.45, 2.75) is 52.5 Å². The average Bonchev–Trinajstić information content (AvgIpc) is 2.27. The van der Waals surface area contributed by atoms with E-state index in [0.717, 1.165) is 19.3 Å². The molecule has 5 nitrogen and oxygen atoms in total. The molecule has 0 bridgehead atoms. The first kappa shape index (κ1) is 13.5. The van der Waals surface area contributed by atoms with E-state index in [4.69, 9.17) is 0 Å². The second-order valence-corrected chi connectivity index (χ2v) is 4.14. The third-order valence-electron chi connectivity index (χ3n) is 3.02. The summed E-state index contributed by atoms with van der Waals surface area (Å²) in [6.07, 6.45) is 2.88. The van der Waals surface area contributed by atoms with E-state index in [1.807, 2.05) is 13.8 Å². The molecule has 0 aliphatic rings. The lowest BCUT2D eigenvalue weighted by Crippen LogP contribution is -2.34. The van der Waals surface area contributed by atoms with Crippen LogP contribution < -0.4 is 11.2 Å². The fourth-order valence-corrected chi connectivity index (χ4v) is 2.08. The SMILES string of the molecule is CCCC(CC)n1c(O)c(CC)c(=O)[nH]c1=O. The van der Waals surface area contributed by atoms with Crippen LogP contribution in [0.15, 0.2) is 9.59 Å². The van der Waals surface area contributed by atoms with Crippen molar-refractivity contribution in [2.75, 3.05) is 0 Å². The summed E-state index contributed by atoms with van der Waals surface area (Å²) >= 11 is 0. The third kappa shape index (κ3) is 2.60. The van der Waals surface area contributed by atoms with Gasteiger partial charge in [-0.2, -0.15) is 0 Å². The lowest BCUT2D eigenvalue weighted by Gasteiger charge is -2.19. The minimum absolute atomic E-state index is 0.0605. The van der Waals surface area contributed by atoms with Gasteiger partial charge in [-0.25, -0.2) is 4.79 Å². The topological polar surface area (TPSA) is 75.1 Å². The highest BCUT2D eigenvalue weighted by Gasteiger charge is 2.18. The Bertz CT molecular complexity index is 488. The van der Waals surface area contributed by atoms with E-state index in [1.165, 1.54) is 4.57 Å². The number of aromatic amines is 1. The molecule has 0 aromatic carbocycles. The highest BCUT2D eigenvalue weighted by Crippen LogP contribution is 2.22. The standard InChI is InChI=1S/C12H20N2O3/c1-4-7-8(5-2)14-11(16)9(6-3)10(15)13-12(14)17/h8,16H,4-7H2,1-3H3,(H,13,15,17). The van der Waals surface area contributed by atoms with Gasteiger partial charge in [0.2, 0.25) is 5.88 Å².